The molecule has 2 rings (SSSR count). The number of hydrogen-bond acceptors (Lipinski definition) is 8. The van der Waals surface area contributed by atoms with Gasteiger partial charge in [0.15, 0.2) is 0 Å². The van der Waals surface area contributed by atoms with Crippen LogP contribution < -0.4 is 0 Å². The fourth-order valence-corrected chi connectivity index (χ4v) is 3.88. The number of rotatable bonds is 9. The molecule has 3 N–H and O–H groups in total. The third-order valence-corrected chi connectivity index (χ3v) is 6.28. The van der Waals surface area contributed by atoms with E-state index in [0.717, 1.165) is 19.3 Å². The van der Waals surface area contributed by atoms with Gasteiger partial charge < -0.3 is 24.8 Å². The van der Waals surface area contributed by atoms with Gasteiger partial charge in [-0.25, -0.2) is 4.79 Å². The highest BCUT2D eigenvalue weighted by molar-refractivity contribution is 6.49. The van der Waals surface area contributed by atoms with Gasteiger partial charge in [0, 0.05) is 11.6 Å². The zero-order chi connectivity index (χ0) is 26.7. The Balaban J connectivity index is 2.33. The topological polar surface area (TPSA) is 147 Å². The second-order valence-corrected chi connectivity index (χ2v) is 9.37. The van der Waals surface area contributed by atoms with E-state index in [9.17, 15) is 29.4 Å². The van der Waals surface area contributed by atoms with Gasteiger partial charge in [-0.15, -0.1) is 0 Å². The Hall–Kier alpha value is -3.01. The molecule has 0 saturated carbocycles. The van der Waals surface area contributed by atoms with Crippen LogP contribution in [0, 0.1) is 5.92 Å². The molecule has 3 unspecified atom stereocenters. The number of aliphatic carboxylic acids is 1. The molecular formula is C25H29ClO9. The monoisotopic (exact) mass is 508 g/mol. The molecule has 2 aliphatic rings. The van der Waals surface area contributed by atoms with Crippen molar-refractivity contribution in [3.63, 3.8) is 0 Å². The number of carboxylic acids is 1. The second kappa shape index (κ2) is 10.7. The van der Waals surface area contributed by atoms with Crippen LogP contribution in [0.3, 0.4) is 0 Å². The molecule has 0 aromatic carbocycles. The van der Waals surface area contributed by atoms with Gasteiger partial charge in [0.05, 0.1) is 23.1 Å². The first-order valence-corrected chi connectivity index (χ1v) is 11.3. The summed E-state index contributed by atoms with van der Waals surface area (Å²) in [5.41, 5.74) is -3.71. The van der Waals surface area contributed by atoms with E-state index in [4.69, 9.17) is 26.2 Å². The average molecular weight is 509 g/mol. The van der Waals surface area contributed by atoms with Crippen molar-refractivity contribution in [3.05, 3.63) is 58.1 Å². The van der Waals surface area contributed by atoms with Crippen LogP contribution in [0.2, 0.25) is 0 Å². The Bertz CT molecular complexity index is 1090. The normalized spacial score (nSPS) is 24.2. The van der Waals surface area contributed by atoms with Gasteiger partial charge in [0.2, 0.25) is 17.2 Å². The van der Waals surface area contributed by atoms with Gasteiger partial charge in [-0.3, -0.25) is 14.4 Å². The molecule has 0 amide bonds. The van der Waals surface area contributed by atoms with E-state index in [1.165, 1.54) is 32.1 Å². The fraction of sp³-hybridized carbons (Fsp3) is 0.440. The maximum Gasteiger partial charge on any atom is 0.332 e. The molecular weight excluding hydrogens is 480 g/mol. The summed E-state index contributed by atoms with van der Waals surface area (Å²) in [4.78, 5) is 49.0. The smallest absolute Gasteiger partial charge is 0.332 e. The third kappa shape index (κ3) is 6.17. The molecule has 0 saturated heterocycles. The first kappa shape index (κ1) is 28.2. The van der Waals surface area contributed by atoms with Crippen LogP contribution in [0.25, 0.3) is 0 Å². The second-order valence-electron chi connectivity index (χ2n) is 8.99. The van der Waals surface area contributed by atoms with E-state index in [1.807, 2.05) is 6.92 Å². The van der Waals surface area contributed by atoms with Gasteiger partial charge in [-0.05, 0) is 44.9 Å². The van der Waals surface area contributed by atoms with Crippen LogP contribution in [0.1, 0.15) is 47.5 Å². The summed E-state index contributed by atoms with van der Waals surface area (Å²) < 4.78 is 10.6. The number of esters is 1. The highest BCUT2D eigenvalue weighted by Gasteiger charge is 2.52. The summed E-state index contributed by atoms with van der Waals surface area (Å²) in [6, 6.07) is 0. The maximum absolute atomic E-state index is 13.1. The van der Waals surface area contributed by atoms with Gasteiger partial charge >= 0.3 is 11.9 Å². The highest BCUT2D eigenvalue weighted by Crippen LogP contribution is 2.39. The molecule has 1 aliphatic carbocycles. The number of carbonyl (C=O) groups is 4. The predicted molar refractivity (Wildman–Crippen MR) is 126 cm³/mol. The standard InChI is InChI=1S/C25H29ClO9/c1-6-14(3)21(30)24(4,33)8-7-15-11-16-17(12-34-15)22(31)25(5,23(32)20(16)26)35-19(29)10-13(2)9-18(27)28/h7-8,10-12,14,21,30,33H,6,9H2,1-5H3,(H,27,28)/b8-7?,13-10+/t14?,21?,24?,25-/m0/s1. The lowest BCUT2D eigenvalue weighted by Crippen LogP contribution is -2.51. The summed E-state index contributed by atoms with van der Waals surface area (Å²) >= 11 is 6.25. The first-order chi connectivity index (χ1) is 16.1. The Morgan fingerprint density at radius 1 is 1.31 bits per heavy atom. The number of ether oxygens (including phenoxy) is 2. The molecule has 190 valence electrons. The number of carbonyl (C=O) groups excluding carboxylic acids is 3. The number of hydrogen-bond donors (Lipinski definition) is 3. The molecule has 0 spiro atoms. The van der Waals surface area contributed by atoms with Gasteiger partial charge in [-0.1, -0.05) is 37.4 Å². The van der Waals surface area contributed by atoms with Crippen LogP contribution in [0.4, 0.5) is 0 Å². The van der Waals surface area contributed by atoms with E-state index in [1.54, 1.807) is 6.92 Å². The number of aliphatic hydroxyl groups is 2. The molecule has 0 aromatic rings. The quantitative estimate of drug-likeness (QED) is 0.243. The maximum atomic E-state index is 13.1. The van der Waals surface area contributed by atoms with Crippen molar-refractivity contribution in [1.82, 2.24) is 0 Å². The van der Waals surface area contributed by atoms with Crippen LogP contribution in [0.5, 0.6) is 0 Å². The van der Waals surface area contributed by atoms with Crippen LogP contribution in [-0.4, -0.2) is 56.1 Å². The van der Waals surface area contributed by atoms with Crippen molar-refractivity contribution < 1.29 is 44.0 Å². The summed E-state index contributed by atoms with van der Waals surface area (Å²) in [7, 11) is 0. The summed E-state index contributed by atoms with van der Waals surface area (Å²) in [6.07, 6.45) is 5.20. The zero-order valence-electron chi connectivity index (χ0n) is 20.1. The molecule has 0 bridgehead atoms. The van der Waals surface area contributed by atoms with Crippen LogP contribution in [-0.2, 0) is 28.7 Å². The lowest BCUT2D eigenvalue weighted by Gasteiger charge is -2.33. The first-order valence-electron chi connectivity index (χ1n) is 10.9. The summed E-state index contributed by atoms with van der Waals surface area (Å²) in [5.74, 6) is -4.06. The SMILES string of the molecule is CCC(C)C(O)C(C)(O)C=CC1=CC2=C(Cl)C(=O)[C@@](C)(OC(=O)/C=C(\C)CC(=O)O)C(=O)C2=CO1. The minimum Gasteiger partial charge on any atom is -0.481 e. The number of Topliss-reactive ketones (excluding diaryl/α,β-unsaturated/α-hetero) is 2. The Morgan fingerprint density at radius 3 is 2.51 bits per heavy atom. The number of aliphatic hydroxyl groups excluding tert-OH is 1. The van der Waals surface area contributed by atoms with Crippen molar-refractivity contribution in [1.29, 1.82) is 0 Å². The minimum absolute atomic E-state index is 0.0563. The lowest BCUT2D eigenvalue weighted by molar-refractivity contribution is -0.165. The molecule has 9 nitrogen and oxygen atoms in total. The Kier molecular flexibility index (Phi) is 8.65. The number of carboxylic acid groups (broad SMARTS) is 1. The fourth-order valence-electron chi connectivity index (χ4n) is 3.54. The number of fused-ring (bicyclic) bond motifs is 1. The van der Waals surface area contributed by atoms with Gasteiger partial charge in [0.1, 0.15) is 17.6 Å². The molecule has 0 radical (unpaired) electrons. The van der Waals surface area contributed by atoms with Crippen molar-refractivity contribution in [2.24, 2.45) is 5.92 Å². The van der Waals surface area contributed by atoms with Gasteiger partial charge in [-0.2, -0.15) is 0 Å². The number of ketones is 2. The van der Waals surface area contributed by atoms with E-state index >= 15 is 0 Å². The van der Waals surface area contributed by atoms with E-state index < -0.39 is 47.2 Å². The molecule has 0 aromatic heterocycles. The number of allylic oxidation sites excluding steroid dienone is 3. The summed E-state index contributed by atoms with van der Waals surface area (Å²) in [6.45, 7) is 7.62. The lowest BCUT2D eigenvalue weighted by atomic mass is 9.80. The van der Waals surface area contributed by atoms with E-state index in [2.05, 4.69) is 0 Å². The largest absolute Gasteiger partial charge is 0.481 e. The van der Waals surface area contributed by atoms with Gasteiger partial charge in [0.25, 0.3) is 0 Å². The summed E-state index contributed by atoms with van der Waals surface area (Å²) in [5, 5.41) is 29.4. The average Bonchev–Trinajstić information content (AvgIpc) is 2.78. The third-order valence-electron chi connectivity index (χ3n) is 5.90. The zero-order valence-corrected chi connectivity index (χ0v) is 20.9. The van der Waals surface area contributed by atoms with E-state index in [-0.39, 0.29) is 33.4 Å². The van der Waals surface area contributed by atoms with Crippen molar-refractivity contribution in [2.45, 2.75) is 64.8 Å². The minimum atomic E-state index is -2.27. The van der Waals surface area contributed by atoms with Crippen molar-refractivity contribution in [3.8, 4) is 0 Å². The molecule has 10 heteroatoms. The van der Waals surface area contributed by atoms with Crippen LogP contribution in [0.15, 0.2) is 58.1 Å². The molecule has 35 heavy (non-hydrogen) atoms. The molecule has 1 aliphatic heterocycles. The van der Waals surface area contributed by atoms with Crippen LogP contribution >= 0.6 is 11.6 Å². The Morgan fingerprint density at radius 2 is 1.94 bits per heavy atom. The Labute approximate surface area is 208 Å². The molecule has 4 atom stereocenters. The molecule has 1 heterocycles. The number of halogens is 1. The van der Waals surface area contributed by atoms with Crippen molar-refractivity contribution in [2.75, 3.05) is 0 Å². The molecule has 0 fully saturated rings. The predicted octanol–water partition coefficient (Wildman–Crippen LogP) is 2.87. The highest BCUT2D eigenvalue weighted by atomic mass is 35.5. The van der Waals surface area contributed by atoms with Crippen molar-refractivity contribution >= 4 is 35.1 Å². The van der Waals surface area contributed by atoms with E-state index in [0.29, 0.717) is 6.42 Å².